The molecule has 2 heterocycles. The molecule has 0 fully saturated rings. The summed E-state index contributed by atoms with van der Waals surface area (Å²) in [5, 5.41) is 12.8. The molecule has 2 N–H and O–H groups in total. The largest absolute Gasteiger partial charge is 0.508 e. The molecular formula is C15H17NO3. The molecule has 2 aromatic rings. The molecule has 0 amide bonds. The summed E-state index contributed by atoms with van der Waals surface area (Å²) in [5.74, 6) is 1.98. The summed E-state index contributed by atoms with van der Waals surface area (Å²) >= 11 is 0. The zero-order chi connectivity index (χ0) is 13.1. The Morgan fingerprint density at radius 3 is 3.11 bits per heavy atom. The monoisotopic (exact) mass is 259 g/mol. The van der Waals surface area contributed by atoms with Gasteiger partial charge in [-0.15, -0.1) is 0 Å². The number of fused-ring (bicyclic) bond motifs is 1. The van der Waals surface area contributed by atoms with E-state index >= 15 is 0 Å². The van der Waals surface area contributed by atoms with Gasteiger partial charge in [0.05, 0.1) is 12.8 Å². The minimum absolute atomic E-state index is 0.143. The van der Waals surface area contributed by atoms with Gasteiger partial charge in [-0.25, -0.2) is 0 Å². The van der Waals surface area contributed by atoms with E-state index in [2.05, 4.69) is 5.32 Å². The van der Waals surface area contributed by atoms with E-state index in [0.29, 0.717) is 6.54 Å². The van der Waals surface area contributed by atoms with Crippen LogP contribution in [0.5, 0.6) is 11.5 Å². The molecule has 0 aliphatic carbocycles. The molecule has 3 rings (SSSR count). The van der Waals surface area contributed by atoms with Crippen molar-refractivity contribution < 1.29 is 14.3 Å². The van der Waals surface area contributed by atoms with Crippen LogP contribution in [-0.2, 0) is 13.0 Å². The first-order valence-electron chi connectivity index (χ1n) is 6.53. The van der Waals surface area contributed by atoms with Crippen LogP contribution < -0.4 is 10.1 Å². The van der Waals surface area contributed by atoms with E-state index in [9.17, 15) is 5.11 Å². The van der Waals surface area contributed by atoms with E-state index in [-0.39, 0.29) is 11.9 Å². The zero-order valence-electron chi connectivity index (χ0n) is 10.6. The van der Waals surface area contributed by atoms with Crippen LogP contribution in [0.25, 0.3) is 0 Å². The fourth-order valence-corrected chi connectivity index (χ4v) is 2.33. The summed E-state index contributed by atoms with van der Waals surface area (Å²) in [6.07, 6.45) is 3.79. The van der Waals surface area contributed by atoms with Crippen molar-refractivity contribution in [3.63, 3.8) is 0 Å². The number of hydrogen-bond donors (Lipinski definition) is 2. The van der Waals surface area contributed by atoms with E-state index in [1.54, 1.807) is 18.4 Å². The van der Waals surface area contributed by atoms with Crippen molar-refractivity contribution in [2.45, 2.75) is 25.5 Å². The number of ether oxygens (including phenoxy) is 1. The lowest BCUT2D eigenvalue weighted by Gasteiger charge is -2.26. The number of benzene rings is 1. The predicted octanol–water partition coefficient (Wildman–Crippen LogP) is 2.47. The Morgan fingerprint density at radius 1 is 1.32 bits per heavy atom. The average Bonchev–Trinajstić information content (AvgIpc) is 2.91. The minimum atomic E-state index is 0.143. The van der Waals surface area contributed by atoms with Crippen molar-refractivity contribution in [1.82, 2.24) is 5.32 Å². The van der Waals surface area contributed by atoms with Crippen molar-refractivity contribution in [3.05, 3.63) is 47.9 Å². The van der Waals surface area contributed by atoms with Crippen LogP contribution in [0.15, 0.2) is 41.0 Å². The lowest BCUT2D eigenvalue weighted by Crippen LogP contribution is -2.33. The molecule has 4 heteroatoms. The van der Waals surface area contributed by atoms with Gasteiger partial charge < -0.3 is 19.6 Å². The zero-order valence-corrected chi connectivity index (χ0v) is 10.6. The van der Waals surface area contributed by atoms with Gasteiger partial charge in [0.25, 0.3) is 0 Å². The fourth-order valence-electron chi connectivity index (χ4n) is 2.33. The second-order valence-corrected chi connectivity index (χ2v) is 4.78. The summed E-state index contributed by atoms with van der Waals surface area (Å²) in [6.45, 7) is 1.48. The van der Waals surface area contributed by atoms with Gasteiger partial charge in [-0.3, -0.25) is 0 Å². The number of hydrogen-bond acceptors (Lipinski definition) is 4. The highest BCUT2D eigenvalue weighted by atomic mass is 16.5. The molecule has 0 saturated heterocycles. The molecule has 0 bridgehead atoms. The number of rotatable bonds is 4. The number of aryl methyl sites for hydroxylation is 1. The van der Waals surface area contributed by atoms with Gasteiger partial charge in [0.1, 0.15) is 23.4 Å². The highest BCUT2D eigenvalue weighted by molar-refractivity contribution is 5.41. The van der Waals surface area contributed by atoms with E-state index in [1.165, 1.54) is 5.56 Å². The summed E-state index contributed by atoms with van der Waals surface area (Å²) in [6, 6.07) is 9.15. The Hall–Kier alpha value is -1.94. The van der Waals surface area contributed by atoms with Gasteiger partial charge in [0.2, 0.25) is 0 Å². The van der Waals surface area contributed by atoms with Crippen LogP contribution in [-0.4, -0.2) is 17.8 Å². The first kappa shape index (κ1) is 12.1. The summed E-state index contributed by atoms with van der Waals surface area (Å²) < 4.78 is 11.1. The van der Waals surface area contributed by atoms with Crippen LogP contribution in [0.3, 0.4) is 0 Å². The third kappa shape index (κ3) is 2.90. The van der Waals surface area contributed by atoms with Crippen LogP contribution in [0.2, 0.25) is 0 Å². The molecule has 19 heavy (non-hydrogen) atoms. The van der Waals surface area contributed by atoms with Gasteiger partial charge in [0, 0.05) is 12.6 Å². The Bertz CT molecular complexity index is 536. The molecular weight excluding hydrogens is 242 g/mol. The molecule has 1 atom stereocenters. The lowest BCUT2D eigenvalue weighted by molar-refractivity contribution is 0.169. The second kappa shape index (κ2) is 5.36. The first-order chi connectivity index (χ1) is 9.31. The smallest absolute Gasteiger partial charge is 0.126 e. The summed E-state index contributed by atoms with van der Waals surface area (Å²) in [4.78, 5) is 0. The van der Waals surface area contributed by atoms with E-state index < -0.39 is 0 Å². The van der Waals surface area contributed by atoms with Gasteiger partial charge >= 0.3 is 0 Å². The van der Waals surface area contributed by atoms with Crippen molar-refractivity contribution in [2.24, 2.45) is 0 Å². The fraction of sp³-hybridized carbons (Fsp3) is 0.333. The maximum Gasteiger partial charge on any atom is 0.126 e. The molecule has 1 aromatic heterocycles. The molecule has 100 valence electrons. The maximum absolute atomic E-state index is 9.47. The molecule has 0 saturated carbocycles. The number of furan rings is 1. The third-order valence-electron chi connectivity index (χ3n) is 3.33. The van der Waals surface area contributed by atoms with E-state index in [0.717, 1.165) is 30.9 Å². The quantitative estimate of drug-likeness (QED) is 0.885. The Kier molecular flexibility index (Phi) is 3.42. The minimum Gasteiger partial charge on any atom is -0.508 e. The molecule has 1 aromatic carbocycles. The highest BCUT2D eigenvalue weighted by Crippen LogP contribution is 2.30. The molecule has 1 aliphatic rings. The number of phenols is 1. The van der Waals surface area contributed by atoms with Crippen LogP contribution >= 0.6 is 0 Å². The first-order valence-corrected chi connectivity index (χ1v) is 6.53. The normalized spacial score (nSPS) is 17.8. The lowest BCUT2D eigenvalue weighted by atomic mass is 10.0. The predicted molar refractivity (Wildman–Crippen MR) is 71.3 cm³/mol. The SMILES string of the molecule is Oc1ccc2c(c1)O[C@@H](CNCc1ccco1)CC2. The third-order valence-corrected chi connectivity index (χ3v) is 3.33. The Morgan fingerprint density at radius 2 is 2.26 bits per heavy atom. The summed E-state index contributed by atoms with van der Waals surface area (Å²) in [7, 11) is 0. The Balaban J connectivity index is 1.54. The Labute approximate surface area is 112 Å². The van der Waals surface area contributed by atoms with Gasteiger partial charge in [-0.05, 0) is 36.6 Å². The van der Waals surface area contributed by atoms with Gasteiger partial charge in [-0.2, -0.15) is 0 Å². The van der Waals surface area contributed by atoms with Gasteiger partial charge in [0.15, 0.2) is 0 Å². The van der Waals surface area contributed by atoms with Crippen molar-refractivity contribution in [3.8, 4) is 11.5 Å². The van der Waals surface area contributed by atoms with Crippen LogP contribution in [0, 0.1) is 0 Å². The van der Waals surface area contributed by atoms with Crippen molar-refractivity contribution in [1.29, 1.82) is 0 Å². The van der Waals surface area contributed by atoms with Gasteiger partial charge in [-0.1, -0.05) is 6.07 Å². The highest BCUT2D eigenvalue weighted by Gasteiger charge is 2.19. The number of phenolic OH excluding ortho intramolecular Hbond substituents is 1. The maximum atomic E-state index is 9.47. The van der Waals surface area contributed by atoms with Crippen LogP contribution in [0.1, 0.15) is 17.7 Å². The van der Waals surface area contributed by atoms with Crippen molar-refractivity contribution in [2.75, 3.05) is 6.54 Å². The topological polar surface area (TPSA) is 54.6 Å². The molecule has 0 radical (unpaired) electrons. The summed E-state index contributed by atoms with van der Waals surface area (Å²) in [5.41, 5.74) is 1.17. The van der Waals surface area contributed by atoms with Crippen molar-refractivity contribution >= 4 is 0 Å². The molecule has 0 spiro atoms. The molecule has 4 nitrogen and oxygen atoms in total. The molecule has 0 unspecified atom stereocenters. The standard InChI is InChI=1S/C15H17NO3/c17-12-5-3-11-4-6-14(19-15(11)8-12)10-16-9-13-2-1-7-18-13/h1-3,5,7-8,14,16-17H,4,6,9-10H2/t14-/m1/s1. The number of aromatic hydroxyl groups is 1. The molecule has 1 aliphatic heterocycles. The second-order valence-electron chi connectivity index (χ2n) is 4.78. The average molecular weight is 259 g/mol. The van der Waals surface area contributed by atoms with Crippen LogP contribution in [0.4, 0.5) is 0 Å². The van der Waals surface area contributed by atoms with E-state index in [1.807, 2.05) is 18.2 Å². The number of nitrogens with one attached hydrogen (secondary N) is 1. The van der Waals surface area contributed by atoms with E-state index in [4.69, 9.17) is 9.15 Å².